The summed E-state index contributed by atoms with van der Waals surface area (Å²) in [5.41, 5.74) is 2.98. The second kappa shape index (κ2) is 5.38. The molecular formula is C15H11F3N4O. The molecule has 118 valence electrons. The Morgan fingerprint density at radius 1 is 1.17 bits per heavy atom. The van der Waals surface area contributed by atoms with E-state index in [1.165, 1.54) is 17.9 Å². The van der Waals surface area contributed by atoms with Crippen molar-refractivity contribution in [2.75, 3.05) is 5.43 Å². The molecule has 2 heterocycles. The van der Waals surface area contributed by atoms with Crippen LogP contribution in [0, 0.1) is 6.92 Å². The van der Waals surface area contributed by atoms with Crippen molar-refractivity contribution in [3.63, 3.8) is 0 Å². The monoisotopic (exact) mass is 320 g/mol. The number of aromatic nitrogens is 3. The Balaban J connectivity index is 1.89. The molecule has 0 unspecified atom stereocenters. The number of carbonyl (C=O) groups is 1. The third-order valence-corrected chi connectivity index (χ3v) is 3.30. The highest BCUT2D eigenvalue weighted by molar-refractivity contribution is 6.01. The lowest BCUT2D eigenvalue weighted by atomic mass is 10.1. The number of amides is 1. The van der Waals surface area contributed by atoms with Gasteiger partial charge in [0.25, 0.3) is 5.91 Å². The summed E-state index contributed by atoms with van der Waals surface area (Å²) in [5, 5.41) is 0. The number of fused-ring (bicyclic) bond motifs is 1. The lowest BCUT2D eigenvalue weighted by molar-refractivity contribution is -0.141. The SMILES string of the molecule is Cc1nc(C(F)(F)F)ccc1C(=O)Nn1cnc2ccccc21. The van der Waals surface area contributed by atoms with Crippen LogP contribution in [0.2, 0.25) is 0 Å². The molecule has 23 heavy (non-hydrogen) atoms. The molecule has 5 nitrogen and oxygen atoms in total. The number of rotatable bonds is 2. The van der Waals surface area contributed by atoms with Gasteiger partial charge >= 0.3 is 6.18 Å². The van der Waals surface area contributed by atoms with E-state index in [-0.39, 0.29) is 11.3 Å². The van der Waals surface area contributed by atoms with Crippen LogP contribution in [0.5, 0.6) is 0 Å². The Hall–Kier alpha value is -2.90. The fraction of sp³-hybridized carbons (Fsp3) is 0.133. The number of alkyl halides is 3. The third kappa shape index (κ3) is 2.87. The quantitative estimate of drug-likeness (QED) is 0.789. The molecule has 1 aromatic carbocycles. The van der Waals surface area contributed by atoms with Gasteiger partial charge in [0.2, 0.25) is 0 Å². The van der Waals surface area contributed by atoms with Crippen LogP contribution in [-0.2, 0) is 6.18 Å². The smallest absolute Gasteiger partial charge is 0.267 e. The van der Waals surface area contributed by atoms with E-state index in [1.807, 2.05) is 6.07 Å². The maximum atomic E-state index is 12.6. The van der Waals surface area contributed by atoms with Crippen molar-refractivity contribution in [3.8, 4) is 0 Å². The number of halogens is 3. The molecule has 3 rings (SSSR count). The summed E-state index contributed by atoms with van der Waals surface area (Å²) in [6, 6.07) is 9.04. The molecule has 0 radical (unpaired) electrons. The van der Waals surface area contributed by atoms with Gasteiger partial charge in [0.1, 0.15) is 12.0 Å². The maximum Gasteiger partial charge on any atom is 0.433 e. The number of pyridine rings is 1. The molecule has 0 atom stereocenters. The normalized spacial score (nSPS) is 11.7. The number of para-hydroxylation sites is 2. The predicted octanol–water partition coefficient (Wildman–Crippen LogP) is 3.14. The van der Waals surface area contributed by atoms with Crippen LogP contribution >= 0.6 is 0 Å². The van der Waals surface area contributed by atoms with E-state index in [1.54, 1.807) is 18.2 Å². The van der Waals surface area contributed by atoms with Gasteiger partial charge in [0.15, 0.2) is 0 Å². The van der Waals surface area contributed by atoms with Gasteiger partial charge in [-0.2, -0.15) is 13.2 Å². The van der Waals surface area contributed by atoms with E-state index in [0.29, 0.717) is 11.0 Å². The molecule has 0 aliphatic heterocycles. The number of imidazole rings is 1. The van der Waals surface area contributed by atoms with Gasteiger partial charge in [-0.1, -0.05) is 12.1 Å². The number of carbonyl (C=O) groups excluding carboxylic acids is 1. The molecule has 0 bridgehead atoms. The van der Waals surface area contributed by atoms with Crippen molar-refractivity contribution in [1.29, 1.82) is 0 Å². The Labute approximate surface area is 128 Å². The third-order valence-electron chi connectivity index (χ3n) is 3.30. The Kier molecular flexibility index (Phi) is 3.51. The van der Waals surface area contributed by atoms with Crippen LogP contribution in [-0.4, -0.2) is 20.6 Å². The lowest BCUT2D eigenvalue weighted by Gasteiger charge is -2.11. The van der Waals surface area contributed by atoms with E-state index >= 15 is 0 Å². The largest absolute Gasteiger partial charge is 0.433 e. The molecule has 0 aliphatic carbocycles. The standard InChI is InChI=1S/C15H11F3N4O/c1-9-10(6-7-13(20-9)15(16,17)18)14(23)21-22-8-19-11-4-2-3-5-12(11)22/h2-8H,1H3,(H,21,23). The zero-order valence-corrected chi connectivity index (χ0v) is 11.9. The summed E-state index contributed by atoms with van der Waals surface area (Å²) in [6.45, 7) is 1.36. The van der Waals surface area contributed by atoms with Gasteiger partial charge in [-0.3, -0.25) is 10.2 Å². The summed E-state index contributed by atoms with van der Waals surface area (Å²) in [7, 11) is 0. The highest BCUT2D eigenvalue weighted by Crippen LogP contribution is 2.28. The molecular weight excluding hydrogens is 309 g/mol. The molecule has 2 aromatic heterocycles. The summed E-state index contributed by atoms with van der Waals surface area (Å²) >= 11 is 0. The molecule has 0 aliphatic rings. The number of benzene rings is 1. The highest BCUT2D eigenvalue weighted by atomic mass is 19.4. The summed E-state index contributed by atoms with van der Waals surface area (Å²) in [6.07, 6.45) is -3.12. The number of hydrogen-bond acceptors (Lipinski definition) is 3. The Bertz CT molecular complexity index is 886. The summed E-state index contributed by atoms with van der Waals surface area (Å²) < 4.78 is 39.2. The molecule has 1 amide bonds. The van der Waals surface area contributed by atoms with Crippen molar-refractivity contribution in [2.24, 2.45) is 0 Å². The van der Waals surface area contributed by atoms with E-state index < -0.39 is 17.8 Å². The second-order valence-corrected chi connectivity index (χ2v) is 4.87. The van der Waals surface area contributed by atoms with Gasteiger partial charge in [0, 0.05) is 0 Å². The number of nitrogens with zero attached hydrogens (tertiary/aromatic N) is 3. The Morgan fingerprint density at radius 3 is 2.61 bits per heavy atom. The Morgan fingerprint density at radius 2 is 1.91 bits per heavy atom. The van der Waals surface area contributed by atoms with Crippen LogP contribution < -0.4 is 5.43 Å². The van der Waals surface area contributed by atoms with Gasteiger partial charge < -0.3 is 0 Å². The van der Waals surface area contributed by atoms with Crippen molar-refractivity contribution < 1.29 is 18.0 Å². The topological polar surface area (TPSA) is 59.8 Å². The van der Waals surface area contributed by atoms with Gasteiger partial charge in [-0.25, -0.2) is 14.6 Å². The fourth-order valence-corrected chi connectivity index (χ4v) is 2.18. The molecule has 8 heteroatoms. The number of aryl methyl sites for hydroxylation is 1. The van der Waals surface area contributed by atoms with Gasteiger partial charge in [-0.15, -0.1) is 0 Å². The first kappa shape index (κ1) is 15.0. The molecule has 0 fully saturated rings. The van der Waals surface area contributed by atoms with Crippen LogP contribution in [0.25, 0.3) is 11.0 Å². The first-order valence-electron chi connectivity index (χ1n) is 6.64. The average molecular weight is 320 g/mol. The average Bonchev–Trinajstić information content (AvgIpc) is 2.89. The number of nitrogens with one attached hydrogen (secondary N) is 1. The molecule has 1 N–H and O–H groups in total. The molecule has 0 saturated carbocycles. The predicted molar refractivity (Wildman–Crippen MR) is 77.4 cm³/mol. The van der Waals surface area contributed by atoms with Crippen molar-refractivity contribution in [1.82, 2.24) is 14.6 Å². The van der Waals surface area contributed by atoms with Crippen molar-refractivity contribution in [3.05, 3.63) is 59.7 Å². The minimum absolute atomic E-state index is 0.00162. The minimum Gasteiger partial charge on any atom is -0.267 e. The zero-order valence-electron chi connectivity index (χ0n) is 11.9. The van der Waals surface area contributed by atoms with Crippen LogP contribution in [0.3, 0.4) is 0 Å². The van der Waals surface area contributed by atoms with Crippen LogP contribution in [0.15, 0.2) is 42.7 Å². The second-order valence-electron chi connectivity index (χ2n) is 4.87. The van der Waals surface area contributed by atoms with Crippen LogP contribution in [0.4, 0.5) is 13.2 Å². The van der Waals surface area contributed by atoms with E-state index in [2.05, 4.69) is 15.4 Å². The van der Waals surface area contributed by atoms with Crippen molar-refractivity contribution in [2.45, 2.75) is 13.1 Å². The zero-order chi connectivity index (χ0) is 16.6. The van der Waals surface area contributed by atoms with Crippen molar-refractivity contribution >= 4 is 16.9 Å². The lowest BCUT2D eigenvalue weighted by Crippen LogP contribution is -2.23. The van der Waals surface area contributed by atoms with Gasteiger partial charge in [-0.05, 0) is 31.2 Å². The fourth-order valence-electron chi connectivity index (χ4n) is 2.18. The van der Waals surface area contributed by atoms with E-state index in [9.17, 15) is 18.0 Å². The minimum atomic E-state index is -4.54. The summed E-state index contributed by atoms with van der Waals surface area (Å²) in [5.74, 6) is -0.563. The molecule has 0 saturated heterocycles. The van der Waals surface area contributed by atoms with Crippen LogP contribution in [0.1, 0.15) is 21.7 Å². The molecule has 3 aromatic rings. The maximum absolute atomic E-state index is 12.6. The highest BCUT2D eigenvalue weighted by Gasteiger charge is 2.33. The molecule has 0 spiro atoms. The summed E-state index contributed by atoms with van der Waals surface area (Å²) in [4.78, 5) is 19.8. The van der Waals surface area contributed by atoms with Gasteiger partial charge in [0.05, 0.1) is 22.3 Å². The first-order chi connectivity index (χ1) is 10.9. The first-order valence-corrected chi connectivity index (χ1v) is 6.64. The van der Waals surface area contributed by atoms with E-state index in [4.69, 9.17) is 0 Å². The number of hydrogen-bond donors (Lipinski definition) is 1. The van der Waals surface area contributed by atoms with E-state index in [0.717, 1.165) is 12.1 Å².